The van der Waals surface area contributed by atoms with Gasteiger partial charge in [0.15, 0.2) is 0 Å². The summed E-state index contributed by atoms with van der Waals surface area (Å²) in [5, 5.41) is 13.5. The SMILES string of the molecule is CCN(CC)C(C#N)=C(C)NCCN(Cc1ccc(OC)cc1)Cc1ccc(Cl)nc1. The molecule has 0 spiro atoms. The van der Waals surface area contributed by atoms with Crippen LogP contribution in [0.1, 0.15) is 31.9 Å². The molecule has 0 unspecified atom stereocenters. The normalized spacial score (nSPS) is 11.6. The van der Waals surface area contributed by atoms with E-state index in [1.54, 1.807) is 7.11 Å². The Balaban J connectivity index is 2.08. The van der Waals surface area contributed by atoms with Crippen molar-refractivity contribution in [1.82, 2.24) is 20.1 Å². The van der Waals surface area contributed by atoms with E-state index >= 15 is 0 Å². The third kappa shape index (κ3) is 7.78. The molecule has 166 valence electrons. The molecule has 1 aromatic carbocycles. The predicted octanol–water partition coefficient (Wildman–Crippen LogP) is 4.43. The van der Waals surface area contributed by atoms with E-state index in [9.17, 15) is 5.26 Å². The molecule has 0 amide bonds. The number of halogens is 1. The molecular formula is C24H32ClN5O. The van der Waals surface area contributed by atoms with Crippen LogP contribution in [0.25, 0.3) is 0 Å². The number of ether oxygens (including phenoxy) is 1. The first-order valence-corrected chi connectivity index (χ1v) is 10.9. The van der Waals surface area contributed by atoms with Crippen molar-refractivity contribution in [1.29, 1.82) is 5.26 Å². The van der Waals surface area contributed by atoms with E-state index in [0.717, 1.165) is 56.3 Å². The van der Waals surface area contributed by atoms with Gasteiger partial charge < -0.3 is 15.0 Å². The third-order valence-electron chi connectivity index (χ3n) is 5.12. The second-order valence-electron chi connectivity index (χ2n) is 7.23. The molecule has 0 aliphatic heterocycles. The fourth-order valence-electron chi connectivity index (χ4n) is 3.38. The summed E-state index contributed by atoms with van der Waals surface area (Å²) in [6, 6.07) is 14.3. The van der Waals surface area contributed by atoms with Gasteiger partial charge in [-0.2, -0.15) is 5.26 Å². The van der Waals surface area contributed by atoms with Gasteiger partial charge in [-0.05, 0) is 50.1 Å². The first kappa shape index (κ1) is 24.5. The van der Waals surface area contributed by atoms with Gasteiger partial charge in [0.1, 0.15) is 22.7 Å². The number of hydrogen-bond donors (Lipinski definition) is 1. The predicted molar refractivity (Wildman–Crippen MR) is 126 cm³/mol. The molecule has 1 heterocycles. The average Bonchev–Trinajstić information content (AvgIpc) is 2.79. The number of benzene rings is 1. The molecule has 2 aromatic rings. The summed E-state index contributed by atoms with van der Waals surface area (Å²) in [6.45, 7) is 10.8. The van der Waals surface area contributed by atoms with Crippen molar-refractivity contribution in [3.05, 3.63) is 70.3 Å². The molecule has 7 heteroatoms. The molecule has 0 saturated carbocycles. The molecular weight excluding hydrogens is 410 g/mol. The Bertz CT molecular complexity index is 870. The number of allylic oxidation sites excluding steroid dienone is 2. The van der Waals surface area contributed by atoms with E-state index in [0.29, 0.717) is 10.9 Å². The van der Waals surface area contributed by atoms with E-state index in [2.05, 4.69) is 52.2 Å². The van der Waals surface area contributed by atoms with Gasteiger partial charge in [0.05, 0.1) is 7.11 Å². The number of pyridine rings is 1. The maximum absolute atomic E-state index is 9.56. The summed E-state index contributed by atoms with van der Waals surface area (Å²) >= 11 is 5.94. The lowest BCUT2D eigenvalue weighted by Crippen LogP contribution is -2.32. The van der Waals surface area contributed by atoms with Crippen LogP contribution in [0.3, 0.4) is 0 Å². The molecule has 0 bridgehead atoms. The monoisotopic (exact) mass is 441 g/mol. The highest BCUT2D eigenvalue weighted by molar-refractivity contribution is 6.29. The minimum absolute atomic E-state index is 0.494. The summed E-state index contributed by atoms with van der Waals surface area (Å²) < 4.78 is 5.26. The van der Waals surface area contributed by atoms with Crippen molar-refractivity contribution >= 4 is 11.6 Å². The lowest BCUT2D eigenvalue weighted by atomic mass is 10.2. The lowest BCUT2D eigenvalue weighted by molar-refractivity contribution is 0.258. The van der Waals surface area contributed by atoms with Crippen molar-refractivity contribution in [2.45, 2.75) is 33.9 Å². The van der Waals surface area contributed by atoms with E-state index in [4.69, 9.17) is 16.3 Å². The zero-order valence-electron chi connectivity index (χ0n) is 18.9. The Hall–Kier alpha value is -2.75. The Morgan fingerprint density at radius 1 is 1.10 bits per heavy atom. The van der Waals surface area contributed by atoms with Gasteiger partial charge in [-0.3, -0.25) is 4.90 Å². The highest BCUT2D eigenvalue weighted by atomic mass is 35.5. The molecule has 0 radical (unpaired) electrons. The van der Waals surface area contributed by atoms with E-state index in [-0.39, 0.29) is 0 Å². The number of hydrogen-bond acceptors (Lipinski definition) is 6. The van der Waals surface area contributed by atoms with E-state index < -0.39 is 0 Å². The Morgan fingerprint density at radius 3 is 2.29 bits per heavy atom. The zero-order chi connectivity index (χ0) is 22.6. The van der Waals surface area contributed by atoms with Crippen LogP contribution in [0, 0.1) is 11.3 Å². The van der Waals surface area contributed by atoms with Crippen LogP contribution in [-0.2, 0) is 13.1 Å². The van der Waals surface area contributed by atoms with Crippen molar-refractivity contribution in [2.24, 2.45) is 0 Å². The van der Waals surface area contributed by atoms with Gasteiger partial charge in [0, 0.05) is 51.2 Å². The second-order valence-corrected chi connectivity index (χ2v) is 7.62. The molecule has 31 heavy (non-hydrogen) atoms. The zero-order valence-corrected chi connectivity index (χ0v) is 19.6. The molecule has 1 N–H and O–H groups in total. The number of nitrogens with one attached hydrogen (secondary N) is 1. The number of nitrogens with zero attached hydrogens (tertiary/aromatic N) is 4. The minimum Gasteiger partial charge on any atom is -0.497 e. The third-order valence-corrected chi connectivity index (χ3v) is 5.34. The highest BCUT2D eigenvalue weighted by Crippen LogP contribution is 2.15. The van der Waals surface area contributed by atoms with Crippen LogP contribution >= 0.6 is 11.6 Å². The number of nitriles is 1. The summed E-state index contributed by atoms with van der Waals surface area (Å²) in [4.78, 5) is 8.61. The summed E-state index contributed by atoms with van der Waals surface area (Å²) in [5.74, 6) is 0.847. The van der Waals surface area contributed by atoms with E-state index in [1.807, 2.05) is 37.4 Å². The fourth-order valence-corrected chi connectivity index (χ4v) is 3.49. The van der Waals surface area contributed by atoms with Gasteiger partial charge in [-0.25, -0.2) is 4.98 Å². The molecule has 0 saturated heterocycles. The van der Waals surface area contributed by atoms with Gasteiger partial charge in [0.25, 0.3) is 0 Å². The van der Waals surface area contributed by atoms with Crippen LogP contribution in [0.5, 0.6) is 5.75 Å². The van der Waals surface area contributed by atoms with E-state index in [1.165, 1.54) is 5.56 Å². The van der Waals surface area contributed by atoms with Gasteiger partial charge in [-0.1, -0.05) is 29.8 Å². The Kier molecular flexibility index (Phi) is 10.2. The smallest absolute Gasteiger partial charge is 0.135 e. The van der Waals surface area contributed by atoms with Gasteiger partial charge in [0.2, 0.25) is 0 Å². The largest absolute Gasteiger partial charge is 0.497 e. The van der Waals surface area contributed by atoms with Crippen LogP contribution in [0.4, 0.5) is 0 Å². The molecule has 6 nitrogen and oxygen atoms in total. The Labute approximate surface area is 191 Å². The van der Waals surface area contributed by atoms with Crippen LogP contribution in [0.2, 0.25) is 5.15 Å². The van der Waals surface area contributed by atoms with Crippen LogP contribution in [-0.4, -0.2) is 48.1 Å². The average molecular weight is 442 g/mol. The minimum atomic E-state index is 0.494. The standard InChI is InChI=1S/C24H32ClN5O/c1-5-30(6-2)23(15-26)19(3)27-13-14-29(18-21-9-12-24(25)28-16-21)17-20-7-10-22(31-4)11-8-20/h7-12,16,27H,5-6,13-14,17-18H2,1-4H3. The van der Waals surface area contributed by atoms with Gasteiger partial charge in [-0.15, -0.1) is 0 Å². The molecule has 0 fully saturated rings. The summed E-state index contributed by atoms with van der Waals surface area (Å²) in [7, 11) is 1.67. The molecule has 1 aromatic heterocycles. The summed E-state index contributed by atoms with van der Waals surface area (Å²) in [5.41, 5.74) is 3.92. The summed E-state index contributed by atoms with van der Waals surface area (Å²) in [6.07, 6.45) is 1.82. The maximum atomic E-state index is 9.56. The topological polar surface area (TPSA) is 64.4 Å². The van der Waals surface area contributed by atoms with Crippen molar-refractivity contribution < 1.29 is 4.74 Å². The number of rotatable bonds is 12. The number of aromatic nitrogens is 1. The highest BCUT2D eigenvalue weighted by Gasteiger charge is 2.11. The van der Waals surface area contributed by atoms with Crippen molar-refractivity contribution in [3.8, 4) is 11.8 Å². The molecule has 0 atom stereocenters. The lowest BCUT2D eigenvalue weighted by Gasteiger charge is -2.25. The Morgan fingerprint density at radius 2 is 1.74 bits per heavy atom. The second kappa shape index (κ2) is 12.8. The van der Waals surface area contributed by atoms with Gasteiger partial charge >= 0.3 is 0 Å². The first-order valence-electron chi connectivity index (χ1n) is 10.6. The first-order chi connectivity index (χ1) is 15.0. The van der Waals surface area contributed by atoms with Crippen molar-refractivity contribution in [2.75, 3.05) is 33.3 Å². The molecule has 0 aliphatic rings. The quantitative estimate of drug-likeness (QED) is 0.388. The van der Waals surface area contributed by atoms with Crippen LogP contribution < -0.4 is 10.1 Å². The van der Waals surface area contributed by atoms with Crippen molar-refractivity contribution in [3.63, 3.8) is 0 Å². The number of methoxy groups -OCH3 is 1. The fraction of sp³-hybridized carbons (Fsp3) is 0.417. The molecule has 0 aliphatic carbocycles. The van der Waals surface area contributed by atoms with Crippen LogP contribution in [0.15, 0.2) is 54.0 Å². The molecule has 2 rings (SSSR count). The maximum Gasteiger partial charge on any atom is 0.135 e.